The Morgan fingerprint density at radius 3 is 3.13 bits per heavy atom. The number of ether oxygens (including phenoxy) is 1. The van der Waals surface area contributed by atoms with Crippen molar-refractivity contribution in [3.8, 4) is 0 Å². The molecule has 4 nitrogen and oxygen atoms in total. The van der Waals surface area contributed by atoms with Gasteiger partial charge in [-0.15, -0.1) is 0 Å². The molecule has 0 radical (unpaired) electrons. The lowest BCUT2D eigenvalue weighted by Crippen LogP contribution is -2.52. The van der Waals surface area contributed by atoms with E-state index >= 15 is 0 Å². The molecule has 2 saturated heterocycles. The first-order valence-corrected chi connectivity index (χ1v) is 5.89. The zero-order valence-corrected chi connectivity index (χ0v) is 9.37. The summed E-state index contributed by atoms with van der Waals surface area (Å²) in [5.74, 6) is 0.260. The van der Waals surface area contributed by atoms with E-state index < -0.39 is 0 Å². The van der Waals surface area contributed by atoms with Crippen molar-refractivity contribution in [2.75, 3.05) is 26.2 Å². The van der Waals surface area contributed by atoms with Crippen molar-refractivity contribution in [3.63, 3.8) is 0 Å². The van der Waals surface area contributed by atoms with E-state index in [0.29, 0.717) is 12.5 Å². The van der Waals surface area contributed by atoms with Gasteiger partial charge < -0.3 is 15.0 Å². The second-order valence-corrected chi connectivity index (χ2v) is 4.48. The van der Waals surface area contributed by atoms with E-state index in [9.17, 15) is 4.79 Å². The minimum atomic E-state index is 0.180. The standard InChI is InChI=1S/C11H20N2O2/c1-9-8-12-4-5-13(9)11(14)7-10-3-2-6-15-10/h9-10,12H,2-8H2,1H3/t9-,10?/m0/s1. The van der Waals surface area contributed by atoms with Crippen LogP contribution in [0.2, 0.25) is 0 Å². The highest BCUT2D eigenvalue weighted by molar-refractivity contribution is 5.77. The molecular formula is C11H20N2O2. The van der Waals surface area contributed by atoms with E-state index in [2.05, 4.69) is 12.2 Å². The van der Waals surface area contributed by atoms with Crippen LogP contribution in [0.1, 0.15) is 26.2 Å². The van der Waals surface area contributed by atoms with Crippen molar-refractivity contribution in [3.05, 3.63) is 0 Å². The zero-order valence-electron chi connectivity index (χ0n) is 9.37. The molecule has 15 heavy (non-hydrogen) atoms. The Kier molecular flexibility index (Phi) is 3.59. The van der Waals surface area contributed by atoms with Gasteiger partial charge in [-0.1, -0.05) is 0 Å². The van der Waals surface area contributed by atoms with Crippen molar-refractivity contribution < 1.29 is 9.53 Å². The fraction of sp³-hybridized carbons (Fsp3) is 0.909. The van der Waals surface area contributed by atoms with Crippen LogP contribution in [0.4, 0.5) is 0 Å². The first-order chi connectivity index (χ1) is 7.27. The van der Waals surface area contributed by atoms with Crippen molar-refractivity contribution in [2.45, 2.75) is 38.3 Å². The van der Waals surface area contributed by atoms with Crippen LogP contribution in [-0.2, 0) is 9.53 Å². The third-order valence-electron chi connectivity index (χ3n) is 3.25. The molecular weight excluding hydrogens is 192 g/mol. The van der Waals surface area contributed by atoms with Crippen LogP contribution in [0.15, 0.2) is 0 Å². The second-order valence-electron chi connectivity index (χ2n) is 4.48. The van der Waals surface area contributed by atoms with Crippen LogP contribution in [0.25, 0.3) is 0 Å². The lowest BCUT2D eigenvalue weighted by Gasteiger charge is -2.34. The quantitative estimate of drug-likeness (QED) is 0.719. The predicted octanol–water partition coefficient (Wildman–Crippen LogP) is 0.376. The van der Waals surface area contributed by atoms with E-state index in [1.165, 1.54) is 0 Å². The van der Waals surface area contributed by atoms with Crippen LogP contribution < -0.4 is 5.32 Å². The lowest BCUT2D eigenvalue weighted by atomic mass is 10.1. The number of amides is 1. The number of hydrogen-bond acceptors (Lipinski definition) is 3. The molecule has 0 aromatic rings. The molecule has 1 amide bonds. The summed E-state index contributed by atoms with van der Waals surface area (Å²) >= 11 is 0. The maximum atomic E-state index is 12.0. The maximum absolute atomic E-state index is 12.0. The molecule has 0 aromatic heterocycles. The third kappa shape index (κ3) is 2.69. The topological polar surface area (TPSA) is 41.6 Å². The smallest absolute Gasteiger partial charge is 0.225 e. The van der Waals surface area contributed by atoms with Gasteiger partial charge in [0.2, 0.25) is 5.91 Å². The van der Waals surface area contributed by atoms with Crippen molar-refractivity contribution in [1.29, 1.82) is 0 Å². The molecule has 2 rings (SSSR count). The lowest BCUT2D eigenvalue weighted by molar-refractivity contribution is -0.136. The van der Waals surface area contributed by atoms with Crippen LogP contribution in [0.5, 0.6) is 0 Å². The summed E-state index contributed by atoms with van der Waals surface area (Å²) in [5, 5.41) is 3.29. The van der Waals surface area contributed by atoms with Crippen molar-refractivity contribution in [1.82, 2.24) is 10.2 Å². The minimum Gasteiger partial charge on any atom is -0.378 e. The van der Waals surface area contributed by atoms with E-state index in [4.69, 9.17) is 4.74 Å². The highest BCUT2D eigenvalue weighted by Crippen LogP contribution is 2.17. The largest absolute Gasteiger partial charge is 0.378 e. The maximum Gasteiger partial charge on any atom is 0.225 e. The summed E-state index contributed by atoms with van der Waals surface area (Å²) in [6.07, 6.45) is 2.91. The van der Waals surface area contributed by atoms with E-state index in [1.807, 2.05) is 4.90 Å². The van der Waals surface area contributed by atoms with E-state index in [1.54, 1.807) is 0 Å². The van der Waals surface area contributed by atoms with Gasteiger partial charge in [-0.05, 0) is 19.8 Å². The Bertz CT molecular complexity index is 227. The number of piperazine rings is 1. The molecule has 0 bridgehead atoms. The second kappa shape index (κ2) is 4.94. The van der Waals surface area contributed by atoms with Crippen molar-refractivity contribution >= 4 is 5.91 Å². The van der Waals surface area contributed by atoms with Crippen LogP contribution in [0.3, 0.4) is 0 Å². The van der Waals surface area contributed by atoms with Gasteiger partial charge >= 0.3 is 0 Å². The summed E-state index contributed by atoms with van der Waals surface area (Å²) in [6, 6.07) is 0.327. The fourth-order valence-corrected chi connectivity index (χ4v) is 2.33. The molecule has 1 N–H and O–H groups in total. The number of carbonyl (C=O) groups is 1. The highest BCUT2D eigenvalue weighted by Gasteiger charge is 2.26. The fourth-order valence-electron chi connectivity index (χ4n) is 2.33. The molecule has 2 heterocycles. The summed E-state index contributed by atoms with van der Waals surface area (Å²) in [5.41, 5.74) is 0. The summed E-state index contributed by atoms with van der Waals surface area (Å²) < 4.78 is 5.49. The summed E-state index contributed by atoms with van der Waals surface area (Å²) in [4.78, 5) is 14.0. The molecule has 4 heteroatoms. The van der Waals surface area contributed by atoms with Gasteiger partial charge in [-0.2, -0.15) is 0 Å². The molecule has 1 unspecified atom stereocenters. The number of rotatable bonds is 2. The Hall–Kier alpha value is -0.610. The predicted molar refractivity (Wildman–Crippen MR) is 57.6 cm³/mol. The first-order valence-electron chi connectivity index (χ1n) is 5.89. The Labute approximate surface area is 91.0 Å². The summed E-state index contributed by atoms with van der Waals surface area (Å²) in [7, 11) is 0. The molecule has 0 aliphatic carbocycles. The number of hydrogen-bond donors (Lipinski definition) is 1. The van der Waals surface area contributed by atoms with Gasteiger partial charge in [0.25, 0.3) is 0 Å². The molecule has 0 spiro atoms. The van der Waals surface area contributed by atoms with Gasteiger partial charge in [-0.25, -0.2) is 0 Å². The third-order valence-corrected chi connectivity index (χ3v) is 3.25. The van der Waals surface area contributed by atoms with E-state index in [0.717, 1.165) is 39.1 Å². The average molecular weight is 212 g/mol. The number of nitrogens with one attached hydrogen (secondary N) is 1. The number of nitrogens with zero attached hydrogens (tertiary/aromatic N) is 1. The monoisotopic (exact) mass is 212 g/mol. The molecule has 2 fully saturated rings. The van der Waals surface area contributed by atoms with Crippen LogP contribution in [-0.4, -0.2) is 49.2 Å². The highest BCUT2D eigenvalue weighted by atomic mass is 16.5. The van der Waals surface area contributed by atoms with Gasteiger partial charge in [0.05, 0.1) is 12.5 Å². The molecule has 2 atom stereocenters. The Morgan fingerprint density at radius 1 is 1.60 bits per heavy atom. The molecule has 2 aliphatic heterocycles. The van der Waals surface area contributed by atoms with Gasteiger partial charge in [0, 0.05) is 32.3 Å². The SMILES string of the molecule is C[C@H]1CNCCN1C(=O)CC1CCCO1. The molecule has 2 aliphatic rings. The molecule has 0 aromatic carbocycles. The normalized spacial score (nSPS) is 31.9. The van der Waals surface area contributed by atoms with Crippen LogP contribution in [0, 0.1) is 0 Å². The molecule has 86 valence electrons. The minimum absolute atomic E-state index is 0.180. The van der Waals surface area contributed by atoms with Gasteiger partial charge in [0.1, 0.15) is 0 Å². The van der Waals surface area contributed by atoms with Gasteiger partial charge in [-0.3, -0.25) is 4.79 Å². The summed E-state index contributed by atoms with van der Waals surface area (Å²) in [6.45, 7) is 5.60. The van der Waals surface area contributed by atoms with Gasteiger partial charge in [0.15, 0.2) is 0 Å². The average Bonchev–Trinajstić information content (AvgIpc) is 2.71. The zero-order chi connectivity index (χ0) is 10.7. The van der Waals surface area contributed by atoms with Crippen molar-refractivity contribution in [2.24, 2.45) is 0 Å². The van der Waals surface area contributed by atoms with E-state index in [-0.39, 0.29) is 12.0 Å². The Balaban J connectivity index is 1.83. The van der Waals surface area contributed by atoms with Crippen LogP contribution >= 0.6 is 0 Å². The number of carbonyl (C=O) groups excluding carboxylic acids is 1. The molecule has 0 saturated carbocycles. The Morgan fingerprint density at radius 2 is 2.47 bits per heavy atom. The first kappa shape index (κ1) is 10.9.